The van der Waals surface area contributed by atoms with Crippen LogP contribution >= 0.6 is 11.3 Å². The van der Waals surface area contributed by atoms with Crippen molar-refractivity contribution in [1.82, 2.24) is 4.90 Å². The summed E-state index contributed by atoms with van der Waals surface area (Å²) in [6, 6.07) is 7.95. The molecule has 1 saturated heterocycles. The Morgan fingerprint density at radius 2 is 2.25 bits per heavy atom. The highest BCUT2D eigenvalue weighted by molar-refractivity contribution is 7.12. The molecule has 2 aliphatic heterocycles. The number of esters is 1. The molecule has 0 radical (unpaired) electrons. The molecule has 28 heavy (non-hydrogen) atoms. The standard InChI is InChI=1S/C22H21NO4S/c1-23-9-8-22-13-5-6-15(24)20(22)27-19-16(26-21(25)17-3-2-10-28-17)7-4-12(18(19)22)11-14(13)23/h2-4,7,10,13-14,20H,5-6,8-9,11H2,1H3/t13?,14?,20-,22?/m0/s1. The Morgan fingerprint density at radius 3 is 3.07 bits per heavy atom. The molecule has 1 saturated carbocycles. The molecule has 2 aromatic rings. The molecule has 3 unspecified atom stereocenters. The number of piperidine rings is 1. The second-order valence-electron chi connectivity index (χ2n) is 8.45. The molecule has 144 valence electrons. The van der Waals surface area contributed by atoms with Crippen LogP contribution in [0.2, 0.25) is 0 Å². The van der Waals surface area contributed by atoms with Gasteiger partial charge in [0.1, 0.15) is 4.88 Å². The number of hydrogen-bond acceptors (Lipinski definition) is 6. The molecule has 1 spiro atoms. The van der Waals surface area contributed by atoms with Gasteiger partial charge in [-0.1, -0.05) is 12.1 Å². The van der Waals surface area contributed by atoms with Crippen molar-refractivity contribution in [2.45, 2.75) is 43.2 Å². The minimum Gasteiger partial charge on any atom is -0.477 e. The van der Waals surface area contributed by atoms with Crippen LogP contribution in [0, 0.1) is 5.92 Å². The van der Waals surface area contributed by atoms with E-state index in [1.165, 1.54) is 16.9 Å². The van der Waals surface area contributed by atoms with Crippen molar-refractivity contribution in [3.8, 4) is 11.5 Å². The summed E-state index contributed by atoms with van der Waals surface area (Å²) in [7, 11) is 2.20. The lowest BCUT2D eigenvalue weighted by Crippen LogP contribution is -2.65. The predicted octanol–water partition coefficient (Wildman–Crippen LogP) is 3.21. The number of carbonyl (C=O) groups excluding carboxylic acids is 2. The topological polar surface area (TPSA) is 55.8 Å². The number of likely N-dealkylation sites (N-methyl/N-ethyl adjacent to an activating group) is 1. The molecule has 0 amide bonds. The van der Waals surface area contributed by atoms with Crippen molar-refractivity contribution in [1.29, 1.82) is 0 Å². The van der Waals surface area contributed by atoms with E-state index in [0.29, 0.717) is 34.8 Å². The SMILES string of the molecule is CN1CCC23c4c5ccc(OC(=O)c6cccs6)c4O[C@H]2C(=O)CCC3C1C5. The Hall–Kier alpha value is -2.18. The first-order chi connectivity index (χ1) is 13.6. The molecule has 3 heterocycles. The fourth-order valence-electron chi connectivity index (χ4n) is 6.14. The highest BCUT2D eigenvalue weighted by atomic mass is 32.1. The Balaban J connectivity index is 1.50. The van der Waals surface area contributed by atoms with Crippen LogP contribution in [-0.2, 0) is 16.6 Å². The number of rotatable bonds is 2. The van der Waals surface area contributed by atoms with Crippen LogP contribution in [-0.4, -0.2) is 42.4 Å². The Labute approximate surface area is 167 Å². The average molecular weight is 395 g/mol. The Morgan fingerprint density at radius 1 is 1.36 bits per heavy atom. The number of carbonyl (C=O) groups is 2. The van der Waals surface area contributed by atoms with Crippen LogP contribution in [0.5, 0.6) is 11.5 Å². The van der Waals surface area contributed by atoms with E-state index in [4.69, 9.17) is 9.47 Å². The van der Waals surface area contributed by atoms with Gasteiger partial charge in [0, 0.05) is 23.4 Å². The van der Waals surface area contributed by atoms with E-state index in [2.05, 4.69) is 18.0 Å². The Bertz CT molecular complexity index is 1000. The van der Waals surface area contributed by atoms with Crippen LogP contribution in [0.3, 0.4) is 0 Å². The van der Waals surface area contributed by atoms with Crippen molar-refractivity contribution in [2.24, 2.45) is 5.92 Å². The summed E-state index contributed by atoms with van der Waals surface area (Å²) in [6.45, 7) is 0.965. The van der Waals surface area contributed by atoms with Gasteiger partial charge in [-0.25, -0.2) is 4.79 Å². The van der Waals surface area contributed by atoms with Crippen LogP contribution in [0.15, 0.2) is 29.6 Å². The summed E-state index contributed by atoms with van der Waals surface area (Å²) < 4.78 is 12.1. The van der Waals surface area contributed by atoms with Crippen LogP contribution < -0.4 is 9.47 Å². The number of Topliss-reactive ketones (excluding diaryl/α,β-unsaturated/α-hetero) is 1. The third kappa shape index (κ3) is 2.00. The number of ketones is 1. The molecule has 1 aromatic heterocycles. The first-order valence-electron chi connectivity index (χ1n) is 9.91. The van der Waals surface area contributed by atoms with E-state index in [9.17, 15) is 9.59 Å². The van der Waals surface area contributed by atoms with Gasteiger partial charge in [-0.3, -0.25) is 4.79 Å². The van der Waals surface area contributed by atoms with Gasteiger partial charge in [0.25, 0.3) is 0 Å². The fourth-order valence-corrected chi connectivity index (χ4v) is 6.73. The number of nitrogens with zero attached hydrogens (tertiary/aromatic N) is 1. The number of likely N-dealkylation sites (tertiary alicyclic amines) is 1. The molecule has 0 N–H and O–H groups in total. The molecule has 2 aliphatic carbocycles. The molecule has 4 aliphatic rings. The van der Waals surface area contributed by atoms with Gasteiger partial charge in [-0.15, -0.1) is 11.3 Å². The number of hydrogen-bond donors (Lipinski definition) is 0. The maximum atomic E-state index is 12.9. The maximum absolute atomic E-state index is 12.9. The number of ether oxygens (including phenoxy) is 2. The van der Waals surface area contributed by atoms with E-state index in [1.54, 1.807) is 6.07 Å². The zero-order chi connectivity index (χ0) is 19.0. The monoisotopic (exact) mass is 395 g/mol. The van der Waals surface area contributed by atoms with Crippen LogP contribution in [0.25, 0.3) is 0 Å². The summed E-state index contributed by atoms with van der Waals surface area (Å²) in [4.78, 5) is 28.4. The zero-order valence-corrected chi connectivity index (χ0v) is 16.5. The highest BCUT2D eigenvalue weighted by Crippen LogP contribution is 2.63. The van der Waals surface area contributed by atoms with Gasteiger partial charge in [0.2, 0.25) is 0 Å². The van der Waals surface area contributed by atoms with Crippen LogP contribution in [0.4, 0.5) is 0 Å². The van der Waals surface area contributed by atoms with Crippen LogP contribution in [0.1, 0.15) is 40.1 Å². The second-order valence-corrected chi connectivity index (χ2v) is 9.39. The van der Waals surface area contributed by atoms with Gasteiger partial charge >= 0.3 is 5.97 Å². The summed E-state index contributed by atoms with van der Waals surface area (Å²) in [5.74, 6) is 1.33. The quantitative estimate of drug-likeness (QED) is 0.577. The summed E-state index contributed by atoms with van der Waals surface area (Å²) in [5, 5.41) is 1.86. The summed E-state index contributed by atoms with van der Waals surface area (Å²) in [6.07, 6.45) is 2.96. The van der Waals surface area contributed by atoms with E-state index in [-0.39, 0.29) is 17.2 Å². The summed E-state index contributed by atoms with van der Waals surface area (Å²) in [5.41, 5.74) is 2.15. The molecule has 6 heteroatoms. The Kier molecular flexibility index (Phi) is 3.39. The van der Waals surface area contributed by atoms with Gasteiger partial charge in [-0.05, 0) is 61.8 Å². The van der Waals surface area contributed by atoms with Crippen molar-refractivity contribution in [3.63, 3.8) is 0 Å². The lowest BCUT2D eigenvalue weighted by atomic mass is 9.52. The van der Waals surface area contributed by atoms with Crippen molar-refractivity contribution >= 4 is 23.1 Å². The van der Waals surface area contributed by atoms with E-state index in [0.717, 1.165) is 31.4 Å². The smallest absolute Gasteiger partial charge is 0.353 e. The lowest BCUT2D eigenvalue weighted by Gasteiger charge is -2.57. The minimum absolute atomic E-state index is 0.194. The van der Waals surface area contributed by atoms with Gasteiger partial charge in [0.05, 0.1) is 0 Å². The molecule has 4 atom stereocenters. The molecule has 5 nitrogen and oxygen atoms in total. The molecular weight excluding hydrogens is 374 g/mol. The third-order valence-electron chi connectivity index (χ3n) is 7.30. The lowest BCUT2D eigenvalue weighted by molar-refractivity contribution is -0.138. The third-order valence-corrected chi connectivity index (χ3v) is 8.15. The normalized spacial score (nSPS) is 32.6. The molecule has 6 rings (SSSR count). The number of thiophene rings is 1. The van der Waals surface area contributed by atoms with E-state index in [1.807, 2.05) is 17.5 Å². The van der Waals surface area contributed by atoms with E-state index < -0.39 is 6.10 Å². The second kappa shape index (κ2) is 5.67. The molecule has 2 fully saturated rings. The largest absolute Gasteiger partial charge is 0.477 e. The minimum atomic E-state index is -0.432. The molecule has 1 aromatic carbocycles. The fraction of sp³-hybridized carbons (Fsp3) is 0.455. The van der Waals surface area contributed by atoms with Gasteiger partial charge in [0.15, 0.2) is 23.4 Å². The van der Waals surface area contributed by atoms with Crippen molar-refractivity contribution in [3.05, 3.63) is 45.6 Å². The van der Waals surface area contributed by atoms with Crippen molar-refractivity contribution in [2.75, 3.05) is 13.6 Å². The van der Waals surface area contributed by atoms with E-state index >= 15 is 0 Å². The maximum Gasteiger partial charge on any atom is 0.353 e. The first kappa shape index (κ1) is 16.7. The predicted molar refractivity (Wildman–Crippen MR) is 104 cm³/mol. The zero-order valence-electron chi connectivity index (χ0n) is 15.6. The van der Waals surface area contributed by atoms with Gasteiger partial charge < -0.3 is 14.4 Å². The highest BCUT2D eigenvalue weighted by Gasteiger charge is 2.65. The first-order valence-corrected chi connectivity index (χ1v) is 10.8. The number of benzene rings is 1. The van der Waals surface area contributed by atoms with Crippen molar-refractivity contribution < 1.29 is 19.1 Å². The molecule has 2 bridgehead atoms. The van der Waals surface area contributed by atoms with Gasteiger partial charge in [-0.2, -0.15) is 0 Å². The summed E-state index contributed by atoms with van der Waals surface area (Å²) >= 11 is 1.36. The average Bonchev–Trinajstić information content (AvgIpc) is 3.33. The molecular formula is C22H21NO4S.